The fourth-order valence-corrected chi connectivity index (χ4v) is 6.54. The van der Waals surface area contributed by atoms with E-state index in [-0.39, 0.29) is 90.0 Å². The van der Waals surface area contributed by atoms with Gasteiger partial charge in [0.05, 0.1) is 20.6 Å². The largest absolute Gasteiger partial charge is 0.506 e. The molecule has 0 aliphatic carbocycles. The van der Waals surface area contributed by atoms with Crippen molar-refractivity contribution in [3.05, 3.63) is 107 Å². The van der Waals surface area contributed by atoms with Crippen LogP contribution >= 0.6 is 46.4 Å². The van der Waals surface area contributed by atoms with Crippen LogP contribution in [0.15, 0.2) is 24.3 Å². The number of hydrogen-bond donors (Lipinski definition) is 2. The van der Waals surface area contributed by atoms with Gasteiger partial charge in [0.2, 0.25) is 34.8 Å². The molecular formula is C32H17Cl4F5O7. The number of unbranched alkanes of at least 4 members (excludes halogenated alkanes) is 1. The Kier molecular flexibility index (Phi) is 8.60. The van der Waals surface area contributed by atoms with Gasteiger partial charge in [-0.3, -0.25) is 4.79 Å². The number of carbonyl (C=O) groups excluding carboxylic acids is 2. The molecule has 0 amide bonds. The van der Waals surface area contributed by atoms with Crippen LogP contribution in [0, 0.1) is 36.0 Å². The molecule has 2 heterocycles. The molecule has 250 valence electrons. The van der Waals surface area contributed by atoms with Gasteiger partial charge < -0.3 is 24.4 Å². The Labute approximate surface area is 287 Å². The van der Waals surface area contributed by atoms with Crippen LogP contribution in [0.3, 0.4) is 0 Å². The first-order valence-electron chi connectivity index (χ1n) is 13.8. The lowest BCUT2D eigenvalue weighted by Gasteiger charge is -2.38. The number of phenols is 2. The SMILES string of the molecule is Cc1c(O)c(Cl)cc2c1Oc1c(cc(CCCCC(=O)Oc3c(F)c(F)c(F)c(F)c3F)c(O)c1Cl)C21OC(=O)c2cc(Cl)c(Cl)cc21. The molecule has 0 saturated heterocycles. The maximum Gasteiger partial charge on any atom is 0.340 e. The smallest absolute Gasteiger partial charge is 0.340 e. The first-order chi connectivity index (χ1) is 22.6. The van der Waals surface area contributed by atoms with Crippen LogP contribution < -0.4 is 9.47 Å². The number of hydrogen-bond acceptors (Lipinski definition) is 7. The molecule has 0 bridgehead atoms. The third-order valence-corrected chi connectivity index (χ3v) is 9.40. The van der Waals surface area contributed by atoms with E-state index in [4.69, 9.17) is 55.9 Å². The lowest BCUT2D eigenvalue weighted by atomic mass is 9.76. The Morgan fingerprint density at radius 1 is 0.792 bits per heavy atom. The average molecular weight is 750 g/mol. The summed E-state index contributed by atoms with van der Waals surface area (Å²) >= 11 is 25.6. The van der Waals surface area contributed by atoms with E-state index in [1.165, 1.54) is 31.2 Å². The van der Waals surface area contributed by atoms with E-state index >= 15 is 0 Å². The molecule has 4 aromatic carbocycles. The molecule has 2 aliphatic heterocycles. The molecule has 1 spiro atoms. The van der Waals surface area contributed by atoms with Gasteiger partial charge in [-0.1, -0.05) is 46.4 Å². The van der Waals surface area contributed by atoms with E-state index in [1.807, 2.05) is 0 Å². The predicted molar refractivity (Wildman–Crippen MR) is 162 cm³/mol. The van der Waals surface area contributed by atoms with Crippen molar-refractivity contribution in [2.75, 3.05) is 0 Å². The number of rotatable bonds is 6. The lowest BCUT2D eigenvalue weighted by molar-refractivity contribution is -0.135. The summed E-state index contributed by atoms with van der Waals surface area (Å²) in [5.74, 6) is -16.2. The average Bonchev–Trinajstić information content (AvgIpc) is 3.32. The zero-order valence-electron chi connectivity index (χ0n) is 24.0. The molecule has 0 fully saturated rings. The van der Waals surface area contributed by atoms with Gasteiger partial charge in [0.15, 0.2) is 11.4 Å². The Morgan fingerprint density at radius 2 is 1.38 bits per heavy atom. The number of esters is 2. The molecule has 0 aromatic heterocycles. The molecule has 4 aromatic rings. The zero-order chi connectivity index (χ0) is 35.0. The highest BCUT2D eigenvalue weighted by atomic mass is 35.5. The summed E-state index contributed by atoms with van der Waals surface area (Å²) in [5, 5.41) is 21.4. The molecule has 6 rings (SSSR count). The molecule has 2 N–H and O–H groups in total. The molecule has 0 saturated carbocycles. The first-order valence-corrected chi connectivity index (χ1v) is 15.3. The highest BCUT2D eigenvalue weighted by Gasteiger charge is 2.55. The zero-order valence-corrected chi connectivity index (χ0v) is 27.0. The molecule has 7 nitrogen and oxygen atoms in total. The topological polar surface area (TPSA) is 102 Å². The van der Waals surface area contributed by atoms with Crippen molar-refractivity contribution < 1.29 is 56.0 Å². The number of fused-ring (bicyclic) bond motifs is 6. The number of halogens is 9. The monoisotopic (exact) mass is 748 g/mol. The standard InChI is InChI=1S/C32H17Cl4F5O7/c1-10-26(43)18(35)9-15-28(10)47-29-14(32(15)13-8-17(34)16(33)7-12(13)31(45)48-32)6-11(27(44)20(29)36)4-2-3-5-19(42)46-30-24(40)22(38)21(37)23(39)25(30)41/h6-9,43-44H,2-5H2,1H3. The summed E-state index contributed by atoms with van der Waals surface area (Å²) in [5.41, 5.74) is -0.820. The summed E-state index contributed by atoms with van der Waals surface area (Å²) < 4.78 is 84.7. The van der Waals surface area contributed by atoms with E-state index in [0.29, 0.717) is 0 Å². The first kappa shape index (κ1) is 33.9. The quantitative estimate of drug-likeness (QED) is 0.0506. The van der Waals surface area contributed by atoms with E-state index in [1.54, 1.807) is 0 Å². The van der Waals surface area contributed by atoms with Gasteiger partial charge in [0.25, 0.3) is 0 Å². The van der Waals surface area contributed by atoms with Crippen LogP contribution in [-0.2, 0) is 21.6 Å². The molecule has 16 heteroatoms. The Hall–Kier alpha value is -3.97. The second kappa shape index (κ2) is 12.2. The van der Waals surface area contributed by atoms with Gasteiger partial charge >= 0.3 is 11.9 Å². The maximum atomic E-state index is 13.9. The van der Waals surface area contributed by atoms with Crippen molar-refractivity contribution >= 4 is 58.3 Å². The van der Waals surface area contributed by atoms with Crippen LogP contribution in [0.1, 0.15) is 57.4 Å². The van der Waals surface area contributed by atoms with Crippen LogP contribution in [0.25, 0.3) is 0 Å². The maximum absolute atomic E-state index is 13.9. The minimum absolute atomic E-state index is 0.00904. The van der Waals surface area contributed by atoms with Gasteiger partial charge in [-0.05, 0) is 56.0 Å². The van der Waals surface area contributed by atoms with Gasteiger partial charge in [-0.25, -0.2) is 18.0 Å². The highest BCUT2D eigenvalue weighted by molar-refractivity contribution is 6.42. The predicted octanol–water partition coefficient (Wildman–Crippen LogP) is 9.60. The highest BCUT2D eigenvalue weighted by Crippen LogP contribution is 2.61. The van der Waals surface area contributed by atoms with Gasteiger partial charge in [0.1, 0.15) is 22.3 Å². The van der Waals surface area contributed by atoms with Crippen LogP contribution in [0.5, 0.6) is 28.7 Å². The minimum atomic E-state index is -2.40. The second-order valence-corrected chi connectivity index (χ2v) is 12.4. The van der Waals surface area contributed by atoms with Crippen molar-refractivity contribution in [2.45, 2.75) is 38.2 Å². The van der Waals surface area contributed by atoms with Crippen molar-refractivity contribution in [3.8, 4) is 28.7 Å². The van der Waals surface area contributed by atoms with Gasteiger partial charge in [0, 0.05) is 28.7 Å². The molecule has 0 radical (unpaired) electrons. The summed E-state index contributed by atoms with van der Waals surface area (Å²) in [6.07, 6.45) is -0.428. The number of aromatic hydroxyl groups is 2. The molecule has 48 heavy (non-hydrogen) atoms. The minimum Gasteiger partial charge on any atom is -0.506 e. The van der Waals surface area contributed by atoms with E-state index in [2.05, 4.69) is 4.74 Å². The Balaban J connectivity index is 1.34. The molecule has 1 unspecified atom stereocenters. The van der Waals surface area contributed by atoms with Crippen LogP contribution in [-0.4, -0.2) is 22.2 Å². The van der Waals surface area contributed by atoms with Crippen molar-refractivity contribution in [3.63, 3.8) is 0 Å². The number of benzene rings is 4. The Morgan fingerprint density at radius 3 is 2.04 bits per heavy atom. The summed E-state index contributed by atoms with van der Waals surface area (Å²) in [7, 11) is 0. The van der Waals surface area contributed by atoms with Crippen molar-refractivity contribution in [1.29, 1.82) is 0 Å². The lowest BCUT2D eigenvalue weighted by Crippen LogP contribution is -2.33. The summed E-state index contributed by atoms with van der Waals surface area (Å²) in [6, 6.07) is 5.56. The number of ether oxygens (including phenoxy) is 3. The number of phenolic OH excluding ortho intramolecular Hbond substituents is 2. The second-order valence-electron chi connectivity index (χ2n) is 10.8. The van der Waals surface area contributed by atoms with Gasteiger partial charge in [-0.2, -0.15) is 8.78 Å². The van der Waals surface area contributed by atoms with Crippen molar-refractivity contribution in [2.24, 2.45) is 0 Å². The number of aryl methyl sites for hydroxylation is 1. The van der Waals surface area contributed by atoms with Crippen molar-refractivity contribution in [1.82, 2.24) is 0 Å². The van der Waals surface area contributed by atoms with E-state index in [0.717, 1.165) is 0 Å². The fourth-order valence-electron chi connectivity index (χ4n) is 5.70. The molecule has 1 atom stereocenters. The summed E-state index contributed by atoms with van der Waals surface area (Å²) in [6.45, 7) is 1.50. The molecule has 2 aliphatic rings. The van der Waals surface area contributed by atoms with Crippen LogP contribution in [0.2, 0.25) is 20.1 Å². The Bertz CT molecular complexity index is 2080. The van der Waals surface area contributed by atoms with Gasteiger partial charge in [-0.15, -0.1) is 0 Å². The van der Waals surface area contributed by atoms with Crippen LogP contribution in [0.4, 0.5) is 22.0 Å². The summed E-state index contributed by atoms with van der Waals surface area (Å²) in [4.78, 5) is 25.6. The third kappa shape index (κ3) is 5.08. The number of carbonyl (C=O) groups is 2. The van der Waals surface area contributed by atoms with E-state index < -0.39 is 64.5 Å². The third-order valence-electron chi connectivity index (χ3n) is 8.04. The van der Waals surface area contributed by atoms with E-state index in [9.17, 15) is 41.8 Å². The normalized spacial score (nSPS) is 15.9. The fraction of sp³-hybridized carbons (Fsp3) is 0.188. The molecular weight excluding hydrogens is 733 g/mol.